The Balaban J connectivity index is 3.05. The average molecular weight is 422 g/mol. The molecule has 0 saturated carbocycles. The molecule has 0 aromatic heterocycles. The van der Waals surface area contributed by atoms with E-state index in [0.717, 1.165) is 9.80 Å². The maximum Gasteiger partial charge on any atom is 0.407 e. The summed E-state index contributed by atoms with van der Waals surface area (Å²) in [5.74, 6) is -1.09. The second-order valence-corrected chi connectivity index (χ2v) is 6.74. The van der Waals surface area contributed by atoms with E-state index in [1.54, 1.807) is 4.90 Å². The van der Waals surface area contributed by atoms with Crippen molar-refractivity contribution >= 4 is 18.2 Å². The summed E-state index contributed by atoms with van der Waals surface area (Å²) in [6, 6.07) is -0.860. The molecule has 1 fully saturated rings. The number of aliphatic hydroxyl groups is 3. The Morgan fingerprint density at radius 2 is 1.17 bits per heavy atom. The Kier molecular flexibility index (Phi) is 10.6. The first-order valence-corrected chi connectivity index (χ1v) is 9.23. The van der Waals surface area contributed by atoms with Gasteiger partial charge in [-0.1, -0.05) is 0 Å². The highest BCUT2D eigenvalue weighted by Crippen LogP contribution is 2.08. The van der Waals surface area contributed by atoms with E-state index in [1.807, 2.05) is 0 Å². The molecule has 1 saturated heterocycles. The largest absolute Gasteiger partial charge is 0.480 e. The molecule has 2 atom stereocenters. The molecule has 6 N–H and O–H groups in total. The molecule has 2 amide bonds. The summed E-state index contributed by atoms with van der Waals surface area (Å²) in [4.78, 5) is 39.2. The van der Waals surface area contributed by atoms with Gasteiger partial charge in [0.05, 0.1) is 31.9 Å². The van der Waals surface area contributed by atoms with E-state index < -0.39 is 43.5 Å². The number of aliphatic carboxylic acids is 1. The molecule has 13 nitrogen and oxygen atoms in total. The van der Waals surface area contributed by atoms with Crippen molar-refractivity contribution in [2.75, 3.05) is 72.1 Å². The van der Waals surface area contributed by atoms with Gasteiger partial charge >= 0.3 is 18.2 Å². The van der Waals surface area contributed by atoms with Gasteiger partial charge in [-0.05, 0) is 0 Å². The van der Waals surface area contributed by atoms with E-state index in [0.29, 0.717) is 0 Å². The van der Waals surface area contributed by atoms with E-state index >= 15 is 0 Å². The number of hydrogen-bond donors (Lipinski definition) is 6. The third-order valence-corrected chi connectivity index (χ3v) is 4.87. The number of aliphatic hydroxyl groups excluding tert-OH is 3. The van der Waals surface area contributed by atoms with Crippen molar-refractivity contribution in [1.29, 1.82) is 0 Å². The van der Waals surface area contributed by atoms with Gasteiger partial charge in [0, 0.05) is 52.4 Å². The molecule has 0 aliphatic carbocycles. The van der Waals surface area contributed by atoms with E-state index in [2.05, 4.69) is 0 Å². The van der Waals surface area contributed by atoms with Crippen LogP contribution < -0.4 is 0 Å². The fraction of sp³-hybridized carbons (Fsp3) is 0.812. The van der Waals surface area contributed by atoms with E-state index in [4.69, 9.17) is 5.11 Å². The van der Waals surface area contributed by atoms with Gasteiger partial charge in [-0.2, -0.15) is 0 Å². The lowest BCUT2D eigenvalue weighted by Gasteiger charge is -2.37. The number of carboxylic acids is 1. The first-order chi connectivity index (χ1) is 13.7. The van der Waals surface area contributed by atoms with Crippen molar-refractivity contribution in [2.24, 2.45) is 0 Å². The van der Waals surface area contributed by atoms with Crippen LogP contribution in [0.1, 0.15) is 0 Å². The van der Waals surface area contributed by atoms with Gasteiger partial charge < -0.3 is 40.4 Å². The van der Waals surface area contributed by atoms with Crippen LogP contribution in [-0.2, 0) is 4.79 Å². The second-order valence-electron chi connectivity index (χ2n) is 6.74. The van der Waals surface area contributed by atoms with Crippen LogP contribution in [0.3, 0.4) is 0 Å². The van der Waals surface area contributed by atoms with Crippen molar-refractivity contribution in [1.82, 2.24) is 19.6 Å². The third-order valence-electron chi connectivity index (χ3n) is 4.87. The van der Waals surface area contributed by atoms with Crippen LogP contribution in [0.4, 0.5) is 9.59 Å². The van der Waals surface area contributed by atoms with E-state index in [1.165, 1.54) is 4.90 Å². The Labute approximate surface area is 167 Å². The summed E-state index contributed by atoms with van der Waals surface area (Å²) in [6.07, 6.45) is -3.72. The number of rotatable bonds is 6. The topological polar surface area (TPSA) is 186 Å². The molecule has 1 aliphatic rings. The molecule has 0 aromatic carbocycles. The molecule has 0 spiro atoms. The Morgan fingerprint density at radius 1 is 0.724 bits per heavy atom. The lowest BCUT2D eigenvalue weighted by Crippen LogP contribution is -2.54. The molecule has 1 heterocycles. The number of nitrogens with zero attached hydrogens (tertiary/aromatic N) is 4. The Bertz CT molecular complexity index is 550. The molecule has 1 aliphatic heterocycles. The Morgan fingerprint density at radius 3 is 1.62 bits per heavy atom. The van der Waals surface area contributed by atoms with Crippen molar-refractivity contribution < 1.29 is 45.0 Å². The summed E-state index contributed by atoms with van der Waals surface area (Å²) >= 11 is 0. The highest BCUT2D eigenvalue weighted by atomic mass is 16.4. The van der Waals surface area contributed by atoms with Crippen LogP contribution >= 0.6 is 0 Å². The zero-order valence-corrected chi connectivity index (χ0v) is 16.1. The van der Waals surface area contributed by atoms with Gasteiger partial charge in [-0.3, -0.25) is 14.6 Å². The van der Waals surface area contributed by atoms with Crippen LogP contribution in [0.2, 0.25) is 0 Å². The van der Waals surface area contributed by atoms with Crippen LogP contribution in [0.5, 0.6) is 0 Å². The summed E-state index contributed by atoms with van der Waals surface area (Å²) in [7, 11) is 0. The van der Waals surface area contributed by atoms with E-state index in [9.17, 15) is 39.9 Å². The van der Waals surface area contributed by atoms with Crippen molar-refractivity contribution in [3.8, 4) is 0 Å². The van der Waals surface area contributed by atoms with E-state index in [-0.39, 0.29) is 58.9 Å². The maximum atomic E-state index is 11.5. The fourth-order valence-corrected chi connectivity index (χ4v) is 3.14. The Hall–Kier alpha value is -2.19. The standard InChI is InChI=1S/C16H30N4O9/c21-10-12(13(23)11-22)18-3-1-17(9-14(24)25)2-4-19(15(26)27)7-8-20(6-5-18)16(28)29/h12-13,21-23H,1-11H2,(H,24,25)(H,26,27)(H,28,29)/t12?,13-/m1/s1. The van der Waals surface area contributed by atoms with Gasteiger partial charge in [0.1, 0.15) is 0 Å². The smallest absolute Gasteiger partial charge is 0.407 e. The number of hydrogen-bond acceptors (Lipinski definition) is 8. The lowest BCUT2D eigenvalue weighted by atomic mass is 10.1. The highest BCUT2D eigenvalue weighted by molar-refractivity contribution is 5.69. The highest BCUT2D eigenvalue weighted by Gasteiger charge is 2.28. The normalized spacial score (nSPS) is 20.4. The molecule has 0 aromatic rings. The quantitative estimate of drug-likeness (QED) is 0.263. The second kappa shape index (κ2) is 12.4. The van der Waals surface area contributed by atoms with Crippen LogP contribution in [0.25, 0.3) is 0 Å². The molecule has 168 valence electrons. The minimum Gasteiger partial charge on any atom is -0.480 e. The SMILES string of the molecule is O=C(O)CN1CCN(C(=O)O)CCN(C(=O)O)CCN(C(CO)[C@H](O)CO)CC1. The van der Waals surface area contributed by atoms with Crippen LogP contribution in [0, 0.1) is 0 Å². The maximum absolute atomic E-state index is 11.5. The van der Waals surface area contributed by atoms with Gasteiger partial charge in [0.25, 0.3) is 0 Å². The third kappa shape index (κ3) is 8.37. The molecule has 0 bridgehead atoms. The van der Waals surface area contributed by atoms with Crippen molar-refractivity contribution in [3.05, 3.63) is 0 Å². The van der Waals surface area contributed by atoms with Gasteiger partial charge in [0.2, 0.25) is 0 Å². The van der Waals surface area contributed by atoms with Gasteiger partial charge in [0.15, 0.2) is 0 Å². The molecule has 1 rings (SSSR count). The summed E-state index contributed by atoms with van der Waals surface area (Å²) in [5.41, 5.74) is 0. The zero-order valence-electron chi connectivity index (χ0n) is 16.1. The fourth-order valence-electron chi connectivity index (χ4n) is 3.14. The van der Waals surface area contributed by atoms with Gasteiger partial charge in [-0.25, -0.2) is 9.59 Å². The number of carbonyl (C=O) groups is 3. The number of amides is 2. The number of carboxylic acid groups (broad SMARTS) is 3. The predicted octanol–water partition coefficient (Wildman–Crippen LogP) is -2.64. The lowest BCUT2D eigenvalue weighted by molar-refractivity contribution is -0.138. The molecule has 0 radical (unpaired) electrons. The first kappa shape index (κ1) is 24.8. The molecular formula is C16H30N4O9. The van der Waals surface area contributed by atoms with Crippen LogP contribution in [0.15, 0.2) is 0 Å². The average Bonchev–Trinajstić information content (AvgIpc) is 2.64. The zero-order chi connectivity index (χ0) is 22.0. The first-order valence-electron chi connectivity index (χ1n) is 9.23. The van der Waals surface area contributed by atoms with Crippen LogP contribution in [-0.4, -0.2) is 153 Å². The summed E-state index contributed by atoms with van der Waals surface area (Å²) in [5, 5.41) is 56.6. The molecule has 1 unspecified atom stereocenters. The predicted molar refractivity (Wildman–Crippen MR) is 98.8 cm³/mol. The summed E-state index contributed by atoms with van der Waals surface area (Å²) in [6.45, 7) is -1.01. The monoisotopic (exact) mass is 422 g/mol. The molecular weight excluding hydrogens is 392 g/mol. The molecule has 13 heteroatoms. The summed E-state index contributed by atoms with van der Waals surface area (Å²) < 4.78 is 0. The van der Waals surface area contributed by atoms with Crippen molar-refractivity contribution in [3.63, 3.8) is 0 Å². The minimum absolute atomic E-state index is 0.00122. The molecule has 29 heavy (non-hydrogen) atoms. The van der Waals surface area contributed by atoms with Crippen molar-refractivity contribution in [2.45, 2.75) is 12.1 Å². The minimum atomic E-state index is -1.26. The van der Waals surface area contributed by atoms with Gasteiger partial charge in [-0.15, -0.1) is 0 Å².